The van der Waals surface area contributed by atoms with Gasteiger partial charge in [0.1, 0.15) is 5.82 Å². The Kier molecular flexibility index (Phi) is 4.34. The summed E-state index contributed by atoms with van der Waals surface area (Å²) in [5, 5.41) is 0. The second-order valence-electron chi connectivity index (χ2n) is 4.60. The summed E-state index contributed by atoms with van der Waals surface area (Å²) in [6.45, 7) is 2.34. The van der Waals surface area contributed by atoms with E-state index in [1.165, 1.54) is 24.1 Å². The maximum Gasteiger partial charge on any atom is 0.331 e. The molecule has 1 saturated heterocycles. The fourth-order valence-corrected chi connectivity index (χ4v) is 2.13. The van der Waals surface area contributed by atoms with Crippen molar-refractivity contribution in [2.24, 2.45) is 0 Å². The zero-order valence-corrected chi connectivity index (χ0v) is 11.4. The molecule has 0 aliphatic carbocycles. The van der Waals surface area contributed by atoms with E-state index in [-0.39, 0.29) is 18.7 Å². The number of carbonyl (C=O) groups excluding carboxylic acids is 2. The number of hydrogen-bond donors (Lipinski definition) is 0. The smallest absolute Gasteiger partial charge is 0.331 e. The summed E-state index contributed by atoms with van der Waals surface area (Å²) in [4.78, 5) is 25.3. The molecule has 20 heavy (non-hydrogen) atoms. The molecule has 1 heterocycles. The number of hydrogen-bond acceptors (Lipinski definition) is 4. The van der Waals surface area contributed by atoms with Crippen molar-refractivity contribution in [1.29, 1.82) is 0 Å². The normalized spacial score (nSPS) is 18.8. The van der Waals surface area contributed by atoms with Gasteiger partial charge in [0.05, 0.1) is 25.9 Å². The molecule has 0 N–H and O–H groups in total. The van der Waals surface area contributed by atoms with Crippen LogP contribution >= 0.6 is 0 Å². The minimum Gasteiger partial charge on any atom is -0.467 e. The van der Waals surface area contributed by atoms with E-state index in [0.717, 1.165) is 5.56 Å². The van der Waals surface area contributed by atoms with Crippen molar-refractivity contribution in [3.05, 3.63) is 35.1 Å². The number of halogens is 1. The molecule has 1 aliphatic rings. The minimum atomic E-state index is -0.832. The van der Waals surface area contributed by atoms with E-state index >= 15 is 0 Å². The molecule has 1 fully saturated rings. The second kappa shape index (κ2) is 6.00. The highest BCUT2D eigenvalue weighted by molar-refractivity contribution is 5.97. The third-order valence-electron chi connectivity index (χ3n) is 3.22. The molecular formula is C14H16FNO4. The molecule has 6 heteroatoms. The third-order valence-corrected chi connectivity index (χ3v) is 3.22. The van der Waals surface area contributed by atoms with Gasteiger partial charge < -0.3 is 14.4 Å². The number of amides is 1. The second-order valence-corrected chi connectivity index (χ2v) is 4.60. The zero-order valence-electron chi connectivity index (χ0n) is 11.4. The highest BCUT2D eigenvalue weighted by atomic mass is 19.1. The van der Waals surface area contributed by atoms with Crippen LogP contribution in [-0.2, 0) is 14.3 Å². The number of carbonyl (C=O) groups is 2. The lowest BCUT2D eigenvalue weighted by Gasteiger charge is -2.33. The van der Waals surface area contributed by atoms with Crippen LogP contribution in [-0.4, -0.2) is 49.7 Å². The van der Waals surface area contributed by atoms with Gasteiger partial charge >= 0.3 is 5.97 Å². The molecule has 0 spiro atoms. The lowest BCUT2D eigenvalue weighted by atomic mass is 10.1. The largest absolute Gasteiger partial charge is 0.467 e. The SMILES string of the molecule is COC(=O)C1COCCN1C(=O)c1ccc(C)cc1F. The number of aryl methyl sites for hydroxylation is 1. The van der Waals surface area contributed by atoms with Gasteiger partial charge in [-0.1, -0.05) is 6.07 Å². The standard InChI is InChI=1S/C14H16FNO4/c1-9-3-4-10(11(15)7-9)13(17)16-5-6-20-8-12(16)14(18)19-2/h3-4,7,12H,5-6,8H2,1-2H3. The minimum absolute atomic E-state index is 0.0496. The van der Waals surface area contributed by atoms with E-state index in [2.05, 4.69) is 4.74 Å². The molecule has 0 aromatic heterocycles. The van der Waals surface area contributed by atoms with Crippen LogP contribution in [0.2, 0.25) is 0 Å². The highest BCUT2D eigenvalue weighted by Gasteiger charge is 2.34. The van der Waals surface area contributed by atoms with E-state index in [4.69, 9.17) is 4.74 Å². The van der Waals surface area contributed by atoms with Crippen molar-refractivity contribution in [2.75, 3.05) is 26.9 Å². The lowest BCUT2D eigenvalue weighted by Crippen LogP contribution is -2.53. The summed E-state index contributed by atoms with van der Waals surface area (Å²) in [5.41, 5.74) is 0.678. The van der Waals surface area contributed by atoms with Crippen molar-refractivity contribution < 1.29 is 23.5 Å². The van der Waals surface area contributed by atoms with Crippen LogP contribution in [0.3, 0.4) is 0 Å². The molecule has 1 aromatic rings. The first kappa shape index (κ1) is 14.5. The van der Waals surface area contributed by atoms with Crippen molar-refractivity contribution in [3.8, 4) is 0 Å². The molecule has 5 nitrogen and oxygen atoms in total. The Morgan fingerprint density at radius 2 is 2.20 bits per heavy atom. The number of methoxy groups -OCH3 is 1. The summed E-state index contributed by atoms with van der Waals surface area (Å²) in [6, 6.07) is 3.55. The summed E-state index contributed by atoms with van der Waals surface area (Å²) >= 11 is 0. The molecule has 1 atom stereocenters. The van der Waals surface area contributed by atoms with Gasteiger partial charge in [0.15, 0.2) is 6.04 Å². The van der Waals surface area contributed by atoms with E-state index in [1.807, 2.05) is 0 Å². The van der Waals surface area contributed by atoms with E-state index in [9.17, 15) is 14.0 Å². The van der Waals surface area contributed by atoms with Gasteiger partial charge in [0, 0.05) is 6.54 Å². The number of rotatable bonds is 2. The molecule has 1 aliphatic heterocycles. The molecule has 0 radical (unpaired) electrons. The van der Waals surface area contributed by atoms with Crippen LogP contribution in [0.25, 0.3) is 0 Å². The van der Waals surface area contributed by atoms with Gasteiger partial charge in [0.2, 0.25) is 0 Å². The maximum absolute atomic E-state index is 13.9. The average Bonchev–Trinajstić information content (AvgIpc) is 2.46. The van der Waals surface area contributed by atoms with Crippen molar-refractivity contribution in [2.45, 2.75) is 13.0 Å². The van der Waals surface area contributed by atoms with Crippen LogP contribution in [0.1, 0.15) is 15.9 Å². The fourth-order valence-electron chi connectivity index (χ4n) is 2.13. The molecule has 0 saturated carbocycles. The number of ether oxygens (including phenoxy) is 2. The summed E-state index contributed by atoms with van der Waals surface area (Å²) < 4.78 is 23.7. The first-order valence-electron chi connectivity index (χ1n) is 6.27. The Bertz CT molecular complexity index is 532. The van der Waals surface area contributed by atoms with Crippen LogP contribution in [0.4, 0.5) is 4.39 Å². The molecule has 2 rings (SSSR count). The number of esters is 1. The first-order valence-corrected chi connectivity index (χ1v) is 6.27. The van der Waals surface area contributed by atoms with E-state index in [0.29, 0.717) is 6.61 Å². The van der Waals surface area contributed by atoms with Gasteiger partial charge in [0.25, 0.3) is 5.91 Å². The highest BCUT2D eigenvalue weighted by Crippen LogP contribution is 2.17. The summed E-state index contributed by atoms with van der Waals surface area (Å²) in [6.07, 6.45) is 0. The van der Waals surface area contributed by atoms with Crippen LogP contribution in [0.5, 0.6) is 0 Å². The first-order chi connectivity index (χ1) is 9.54. The third kappa shape index (κ3) is 2.80. The molecule has 1 aromatic carbocycles. The molecule has 1 amide bonds. The Hall–Kier alpha value is -1.95. The topological polar surface area (TPSA) is 55.8 Å². The van der Waals surface area contributed by atoms with E-state index in [1.54, 1.807) is 13.0 Å². The molecule has 0 bridgehead atoms. The van der Waals surface area contributed by atoms with Crippen molar-refractivity contribution in [1.82, 2.24) is 4.90 Å². The Labute approximate surface area is 116 Å². The quantitative estimate of drug-likeness (QED) is 0.763. The molecule has 1 unspecified atom stereocenters. The molecular weight excluding hydrogens is 265 g/mol. The average molecular weight is 281 g/mol. The predicted molar refractivity (Wildman–Crippen MR) is 68.8 cm³/mol. The Morgan fingerprint density at radius 1 is 1.45 bits per heavy atom. The predicted octanol–water partition coefficient (Wildman–Crippen LogP) is 1.15. The monoisotopic (exact) mass is 281 g/mol. The van der Waals surface area contributed by atoms with Gasteiger partial charge in [-0.3, -0.25) is 4.79 Å². The van der Waals surface area contributed by atoms with Crippen LogP contribution < -0.4 is 0 Å². The van der Waals surface area contributed by atoms with Gasteiger partial charge in [-0.05, 0) is 24.6 Å². The van der Waals surface area contributed by atoms with Gasteiger partial charge in [-0.15, -0.1) is 0 Å². The fraction of sp³-hybridized carbons (Fsp3) is 0.429. The Morgan fingerprint density at radius 3 is 2.85 bits per heavy atom. The molecule has 108 valence electrons. The van der Waals surface area contributed by atoms with Gasteiger partial charge in [-0.25, -0.2) is 9.18 Å². The number of morpholine rings is 1. The summed E-state index contributed by atoms with van der Waals surface area (Å²) in [7, 11) is 1.24. The van der Waals surface area contributed by atoms with Crippen LogP contribution in [0.15, 0.2) is 18.2 Å². The van der Waals surface area contributed by atoms with Crippen molar-refractivity contribution >= 4 is 11.9 Å². The summed E-state index contributed by atoms with van der Waals surface area (Å²) in [5.74, 6) is -1.68. The van der Waals surface area contributed by atoms with Gasteiger partial charge in [-0.2, -0.15) is 0 Å². The zero-order chi connectivity index (χ0) is 14.7. The Balaban J connectivity index is 2.27. The number of benzene rings is 1. The van der Waals surface area contributed by atoms with Crippen LogP contribution in [0, 0.1) is 12.7 Å². The maximum atomic E-state index is 13.9. The lowest BCUT2D eigenvalue weighted by molar-refractivity contribution is -0.151. The van der Waals surface area contributed by atoms with Crippen molar-refractivity contribution in [3.63, 3.8) is 0 Å². The van der Waals surface area contributed by atoms with E-state index < -0.39 is 23.7 Å². The number of nitrogens with zero attached hydrogens (tertiary/aromatic N) is 1.